The minimum Gasteiger partial charge on any atom is -0.480 e. The van der Waals surface area contributed by atoms with Crippen LogP contribution >= 0.6 is 0 Å². The van der Waals surface area contributed by atoms with Gasteiger partial charge in [-0.05, 0) is 6.92 Å². The molecule has 0 radical (unpaired) electrons. The van der Waals surface area contributed by atoms with Crippen LogP contribution in [0.15, 0.2) is 0 Å². The molecule has 0 bridgehead atoms. The van der Waals surface area contributed by atoms with Crippen LogP contribution in [0.1, 0.15) is 20.8 Å². The molecule has 0 saturated heterocycles. The first kappa shape index (κ1) is 8.43. The second-order valence-corrected chi connectivity index (χ2v) is 2.38. The summed E-state index contributed by atoms with van der Waals surface area (Å²) in [5, 5.41) is 11.2. The molecule has 9 heavy (non-hydrogen) atoms. The van der Waals surface area contributed by atoms with Crippen LogP contribution in [0.2, 0.25) is 0 Å². The Balaban J connectivity index is 3.50. The van der Waals surface area contributed by atoms with Gasteiger partial charge < -0.3 is 10.4 Å². The standard InChI is InChI=1S/C6H13NO2/c1-4(2)7-5(3)6(8)9/h4-5,7H,1-3H3,(H,8,9)/t5-/m1/s1. The summed E-state index contributed by atoms with van der Waals surface area (Å²) in [6, 6.07) is -0.207. The molecule has 3 nitrogen and oxygen atoms in total. The maximum absolute atomic E-state index is 10.2. The van der Waals surface area contributed by atoms with Gasteiger partial charge in [0.2, 0.25) is 0 Å². The van der Waals surface area contributed by atoms with Crippen LogP contribution in [0.25, 0.3) is 0 Å². The first-order chi connectivity index (χ1) is 4.04. The van der Waals surface area contributed by atoms with Crippen LogP contribution in [-0.4, -0.2) is 23.2 Å². The molecule has 0 aromatic heterocycles. The van der Waals surface area contributed by atoms with E-state index in [2.05, 4.69) is 5.32 Å². The molecule has 0 unspecified atom stereocenters. The van der Waals surface area contributed by atoms with E-state index in [1.165, 1.54) is 0 Å². The zero-order valence-electron chi connectivity index (χ0n) is 6.01. The van der Waals surface area contributed by atoms with Crippen molar-refractivity contribution in [2.75, 3.05) is 0 Å². The number of rotatable bonds is 3. The number of carboxylic acid groups (broad SMARTS) is 1. The Morgan fingerprint density at radius 2 is 1.89 bits per heavy atom. The Kier molecular flexibility index (Phi) is 3.24. The Labute approximate surface area is 55.1 Å². The molecular formula is C6H13NO2. The molecule has 0 aliphatic carbocycles. The van der Waals surface area contributed by atoms with Crippen molar-refractivity contribution in [1.29, 1.82) is 0 Å². The lowest BCUT2D eigenvalue weighted by Crippen LogP contribution is -2.38. The summed E-state index contributed by atoms with van der Waals surface area (Å²) in [4.78, 5) is 10.2. The van der Waals surface area contributed by atoms with Gasteiger partial charge in [0.05, 0.1) is 0 Å². The monoisotopic (exact) mass is 131 g/mol. The summed E-state index contributed by atoms with van der Waals surface area (Å²) in [6.07, 6.45) is 0. The Morgan fingerprint density at radius 3 is 2.00 bits per heavy atom. The van der Waals surface area contributed by atoms with Crippen LogP contribution in [0.4, 0.5) is 0 Å². The van der Waals surface area contributed by atoms with E-state index in [1.54, 1.807) is 6.92 Å². The number of carboxylic acids is 1. The van der Waals surface area contributed by atoms with Crippen molar-refractivity contribution in [1.82, 2.24) is 5.32 Å². The molecular weight excluding hydrogens is 118 g/mol. The number of aliphatic carboxylic acids is 1. The normalized spacial score (nSPS) is 13.8. The molecule has 0 amide bonds. The van der Waals surface area contributed by atoms with Crippen LogP contribution in [-0.2, 0) is 4.79 Å². The Hall–Kier alpha value is -0.570. The summed E-state index contributed by atoms with van der Waals surface area (Å²) < 4.78 is 0. The van der Waals surface area contributed by atoms with Gasteiger partial charge in [0.25, 0.3) is 0 Å². The number of nitrogens with one attached hydrogen (secondary N) is 1. The minimum atomic E-state index is -0.802. The van der Waals surface area contributed by atoms with Gasteiger partial charge in [-0.3, -0.25) is 4.79 Å². The third-order valence-corrected chi connectivity index (χ3v) is 0.954. The second-order valence-electron chi connectivity index (χ2n) is 2.38. The van der Waals surface area contributed by atoms with E-state index < -0.39 is 12.0 Å². The molecule has 1 atom stereocenters. The fourth-order valence-electron chi connectivity index (χ4n) is 0.571. The molecule has 0 aliphatic heterocycles. The zero-order chi connectivity index (χ0) is 7.44. The van der Waals surface area contributed by atoms with Crippen molar-refractivity contribution in [3.05, 3.63) is 0 Å². The van der Waals surface area contributed by atoms with Crippen molar-refractivity contribution in [2.24, 2.45) is 0 Å². The van der Waals surface area contributed by atoms with E-state index in [4.69, 9.17) is 5.11 Å². The predicted octanol–water partition coefficient (Wildman–Crippen LogP) is 0.457. The molecule has 0 aromatic rings. The average Bonchev–Trinajstić information content (AvgIpc) is 1.63. The summed E-state index contributed by atoms with van der Waals surface area (Å²) >= 11 is 0. The van der Waals surface area contributed by atoms with E-state index in [9.17, 15) is 4.79 Å². The first-order valence-electron chi connectivity index (χ1n) is 3.03. The third kappa shape index (κ3) is 3.97. The van der Waals surface area contributed by atoms with Crippen molar-refractivity contribution >= 4 is 5.97 Å². The summed E-state index contributed by atoms with van der Waals surface area (Å²) in [6.45, 7) is 5.46. The number of hydrogen-bond acceptors (Lipinski definition) is 2. The number of carbonyl (C=O) groups is 1. The highest BCUT2D eigenvalue weighted by Crippen LogP contribution is 1.84. The maximum atomic E-state index is 10.2. The van der Waals surface area contributed by atoms with E-state index in [-0.39, 0.29) is 6.04 Å². The van der Waals surface area contributed by atoms with Gasteiger partial charge in [-0.15, -0.1) is 0 Å². The van der Waals surface area contributed by atoms with Crippen molar-refractivity contribution in [3.8, 4) is 0 Å². The van der Waals surface area contributed by atoms with Crippen LogP contribution in [0, 0.1) is 0 Å². The number of hydrogen-bond donors (Lipinski definition) is 2. The summed E-state index contributed by atoms with van der Waals surface area (Å²) in [5.74, 6) is -0.802. The van der Waals surface area contributed by atoms with Gasteiger partial charge in [0.1, 0.15) is 6.04 Å². The summed E-state index contributed by atoms with van der Waals surface area (Å²) in [7, 11) is 0. The van der Waals surface area contributed by atoms with Crippen molar-refractivity contribution in [2.45, 2.75) is 32.9 Å². The quantitative estimate of drug-likeness (QED) is 0.585. The smallest absolute Gasteiger partial charge is 0.320 e. The van der Waals surface area contributed by atoms with Gasteiger partial charge in [-0.1, -0.05) is 13.8 Å². The lowest BCUT2D eigenvalue weighted by atomic mass is 10.3. The topological polar surface area (TPSA) is 49.3 Å². The Morgan fingerprint density at radius 1 is 1.44 bits per heavy atom. The molecule has 2 N–H and O–H groups in total. The van der Waals surface area contributed by atoms with Gasteiger partial charge >= 0.3 is 5.97 Å². The average molecular weight is 131 g/mol. The highest BCUT2D eigenvalue weighted by Gasteiger charge is 2.09. The molecule has 0 spiro atoms. The summed E-state index contributed by atoms with van der Waals surface area (Å²) in [5.41, 5.74) is 0. The van der Waals surface area contributed by atoms with E-state index >= 15 is 0 Å². The van der Waals surface area contributed by atoms with E-state index in [0.717, 1.165) is 0 Å². The van der Waals surface area contributed by atoms with Gasteiger partial charge in [0, 0.05) is 6.04 Å². The fraction of sp³-hybridized carbons (Fsp3) is 0.833. The molecule has 54 valence electrons. The molecule has 0 rings (SSSR count). The molecule has 3 heteroatoms. The Bertz CT molecular complexity index is 101. The highest BCUT2D eigenvalue weighted by atomic mass is 16.4. The molecule has 0 aliphatic rings. The van der Waals surface area contributed by atoms with Crippen molar-refractivity contribution in [3.63, 3.8) is 0 Å². The van der Waals surface area contributed by atoms with Gasteiger partial charge in [0.15, 0.2) is 0 Å². The van der Waals surface area contributed by atoms with Crippen LogP contribution < -0.4 is 5.32 Å². The predicted molar refractivity (Wildman–Crippen MR) is 35.4 cm³/mol. The zero-order valence-corrected chi connectivity index (χ0v) is 6.01. The largest absolute Gasteiger partial charge is 0.480 e. The lowest BCUT2D eigenvalue weighted by Gasteiger charge is -2.11. The molecule has 0 fully saturated rings. The van der Waals surface area contributed by atoms with E-state index in [0.29, 0.717) is 0 Å². The lowest BCUT2D eigenvalue weighted by molar-refractivity contribution is -0.139. The van der Waals surface area contributed by atoms with Crippen molar-refractivity contribution < 1.29 is 9.90 Å². The first-order valence-corrected chi connectivity index (χ1v) is 3.03. The highest BCUT2D eigenvalue weighted by molar-refractivity contribution is 5.72. The molecule has 0 saturated carbocycles. The minimum absolute atomic E-state index is 0.232. The third-order valence-electron chi connectivity index (χ3n) is 0.954. The second kappa shape index (κ2) is 3.45. The van der Waals surface area contributed by atoms with Gasteiger partial charge in [-0.25, -0.2) is 0 Å². The van der Waals surface area contributed by atoms with E-state index in [1.807, 2.05) is 13.8 Å². The van der Waals surface area contributed by atoms with Gasteiger partial charge in [-0.2, -0.15) is 0 Å². The maximum Gasteiger partial charge on any atom is 0.320 e. The molecule has 0 aromatic carbocycles. The van der Waals surface area contributed by atoms with Crippen LogP contribution in [0.3, 0.4) is 0 Å². The van der Waals surface area contributed by atoms with Crippen LogP contribution in [0.5, 0.6) is 0 Å². The fourth-order valence-corrected chi connectivity index (χ4v) is 0.571. The SMILES string of the molecule is CC(C)N[C@H](C)C(=O)O. The molecule has 0 heterocycles.